The number of rotatable bonds is 7. The molecule has 0 unspecified atom stereocenters. The van der Waals surface area contributed by atoms with Crippen LogP contribution >= 0.6 is 0 Å². The Labute approximate surface area is 142 Å². The summed E-state index contributed by atoms with van der Waals surface area (Å²) in [7, 11) is 1.57. The number of piperidine rings is 1. The molecule has 1 aliphatic rings. The number of amides is 1. The highest BCUT2D eigenvalue weighted by Crippen LogP contribution is 2.28. The van der Waals surface area contributed by atoms with Gasteiger partial charge in [0, 0.05) is 19.5 Å². The molecule has 1 amide bonds. The molecule has 1 saturated heterocycles. The number of likely N-dealkylation sites (tertiary alicyclic amines) is 1. The lowest BCUT2D eigenvalue weighted by molar-refractivity contribution is -0.137. The summed E-state index contributed by atoms with van der Waals surface area (Å²) in [5.41, 5.74) is 1.06. The second kappa shape index (κ2) is 8.57. The van der Waals surface area contributed by atoms with E-state index >= 15 is 0 Å². The maximum absolute atomic E-state index is 12.4. The van der Waals surface area contributed by atoms with Crippen molar-refractivity contribution in [3.63, 3.8) is 0 Å². The van der Waals surface area contributed by atoms with Gasteiger partial charge in [-0.05, 0) is 49.8 Å². The van der Waals surface area contributed by atoms with Crippen molar-refractivity contribution in [2.75, 3.05) is 26.8 Å². The van der Waals surface area contributed by atoms with Crippen molar-refractivity contribution in [2.45, 2.75) is 32.6 Å². The zero-order valence-electron chi connectivity index (χ0n) is 14.3. The van der Waals surface area contributed by atoms with Crippen LogP contribution in [-0.2, 0) is 9.59 Å². The van der Waals surface area contributed by atoms with Gasteiger partial charge in [0.05, 0.1) is 7.11 Å². The van der Waals surface area contributed by atoms with Crippen molar-refractivity contribution in [3.05, 3.63) is 23.8 Å². The van der Waals surface area contributed by atoms with Crippen LogP contribution in [0.1, 0.15) is 31.2 Å². The molecule has 1 aliphatic heterocycles. The molecule has 1 aromatic carbocycles. The molecule has 6 nitrogen and oxygen atoms in total. The average molecular weight is 335 g/mol. The van der Waals surface area contributed by atoms with E-state index in [1.165, 1.54) is 0 Å². The van der Waals surface area contributed by atoms with E-state index in [4.69, 9.17) is 14.6 Å². The molecule has 0 spiro atoms. The smallest absolute Gasteiger partial charge is 0.303 e. The Morgan fingerprint density at radius 3 is 2.83 bits per heavy atom. The van der Waals surface area contributed by atoms with Gasteiger partial charge in [-0.1, -0.05) is 6.07 Å². The summed E-state index contributed by atoms with van der Waals surface area (Å²) in [5.74, 6) is 0.565. The number of hydrogen-bond donors (Lipinski definition) is 1. The summed E-state index contributed by atoms with van der Waals surface area (Å²) in [6.45, 7) is 3.24. The van der Waals surface area contributed by atoms with Gasteiger partial charge >= 0.3 is 5.97 Å². The monoisotopic (exact) mass is 335 g/mol. The van der Waals surface area contributed by atoms with E-state index in [1.54, 1.807) is 18.1 Å². The highest BCUT2D eigenvalue weighted by atomic mass is 16.5. The Bertz CT molecular complexity index is 587. The predicted molar refractivity (Wildman–Crippen MR) is 89.4 cm³/mol. The third kappa shape index (κ3) is 5.15. The lowest BCUT2D eigenvalue weighted by Gasteiger charge is -2.32. The third-order valence-electron chi connectivity index (χ3n) is 4.31. The van der Waals surface area contributed by atoms with E-state index in [0.717, 1.165) is 18.4 Å². The van der Waals surface area contributed by atoms with Crippen molar-refractivity contribution in [3.8, 4) is 11.5 Å². The van der Waals surface area contributed by atoms with Gasteiger partial charge in [-0.15, -0.1) is 0 Å². The minimum absolute atomic E-state index is 0.0366. The summed E-state index contributed by atoms with van der Waals surface area (Å²) in [6, 6.07) is 5.57. The van der Waals surface area contributed by atoms with E-state index in [-0.39, 0.29) is 24.9 Å². The molecule has 0 saturated carbocycles. The van der Waals surface area contributed by atoms with Crippen molar-refractivity contribution < 1.29 is 24.2 Å². The van der Waals surface area contributed by atoms with Gasteiger partial charge in [-0.25, -0.2) is 0 Å². The maximum Gasteiger partial charge on any atom is 0.303 e. The number of carboxylic acids is 1. The van der Waals surface area contributed by atoms with Gasteiger partial charge in [0.15, 0.2) is 18.1 Å². The summed E-state index contributed by atoms with van der Waals surface area (Å²) in [4.78, 5) is 24.8. The van der Waals surface area contributed by atoms with Gasteiger partial charge < -0.3 is 19.5 Å². The van der Waals surface area contributed by atoms with Crippen LogP contribution < -0.4 is 9.47 Å². The fourth-order valence-electron chi connectivity index (χ4n) is 2.98. The van der Waals surface area contributed by atoms with E-state index in [2.05, 4.69) is 0 Å². The van der Waals surface area contributed by atoms with E-state index in [1.807, 2.05) is 19.1 Å². The molecule has 0 aromatic heterocycles. The highest BCUT2D eigenvalue weighted by molar-refractivity contribution is 5.78. The zero-order valence-corrected chi connectivity index (χ0v) is 14.3. The lowest BCUT2D eigenvalue weighted by Crippen LogP contribution is -2.42. The van der Waals surface area contributed by atoms with Crippen molar-refractivity contribution >= 4 is 11.9 Å². The first-order chi connectivity index (χ1) is 11.5. The third-order valence-corrected chi connectivity index (χ3v) is 4.31. The number of ether oxygens (including phenoxy) is 2. The fourth-order valence-corrected chi connectivity index (χ4v) is 2.98. The second-order valence-electron chi connectivity index (χ2n) is 6.22. The van der Waals surface area contributed by atoms with Crippen LogP contribution in [0, 0.1) is 12.8 Å². The number of carboxylic acid groups (broad SMARTS) is 1. The molecule has 1 aromatic rings. The molecule has 24 heavy (non-hydrogen) atoms. The number of aliphatic carboxylic acids is 1. The Balaban J connectivity index is 1.87. The minimum atomic E-state index is -0.784. The molecule has 1 N–H and O–H groups in total. The first kappa shape index (κ1) is 18.1. The largest absolute Gasteiger partial charge is 0.493 e. The van der Waals surface area contributed by atoms with E-state index in [0.29, 0.717) is 31.0 Å². The predicted octanol–water partition coefficient (Wildman–Crippen LogP) is 2.49. The van der Waals surface area contributed by atoms with Crippen molar-refractivity contribution in [2.24, 2.45) is 5.92 Å². The summed E-state index contributed by atoms with van der Waals surface area (Å²) < 4.78 is 10.9. The second-order valence-corrected chi connectivity index (χ2v) is 6.22. The van der Waals surface area contributed by atoms with Crippen molar-refractivity contribution in [1.29, 1.82) is 0 Å². The molecule has 0 radical (unpaired) electrons. The molecule has 1 atom stereocenters. The van der Waals surface area contributed by atoms with Crippen LogP contribution in [0.3, 0.4) is 0 Å². The summed E-state index contributed by atoms with van der Waals surface area (Å²) in [6.07, 6.45) is 2.66. The number of methoxy groups -OCH3 is 1. The molecule has 132 valence electrons. The topological polar surface area (TPSA) is 76.1 Å². The number of carbonyl (C=O) groups is 2. The number of hydrogen-bond acceptors (Lipinski definition) is 4. The molecule has 0 aliphatic carbocycles. The fraction of sp³-hybridized carbons (Fsp3) is 0.556. The Hall–Kier alpha value is -2.24. The number of aryl methyl sites for hydroxylation is 1. The quantitative estimate of drug-likeness (QED) is 0.828. The van der Waals surface area contributed by atoms with Gasteiger partial charge in [-0.3, -0.25) is 9.59 Å². The Morgan fingerprint density at radius 1 is 1.33 bits per heavy atom. The van der Waals surface area contributed by atoms with Gasteiger partial charge in [0.25, 0.3) is 5.91 Å². The number of benzene rings is 1. The van der Waals surface area contributed by atoms with Crippen LogP contribution in [0.2, 0.25) is 0 Å². The summed E-state index contributed by atoms with van der Waals surface area (Å²) in [5, 5.41) is 8.79. The SMILES string of the molecule is COc1cc(C)ccc1OCC(=O)N1CCC[C@H](CCC(=O)O)C1. The van der Waals surface area contributed by atoms with Gasteiger partial charge in [-0.2, -0.15) is 0 Å². The molecular weight excluding hydrogens is 310 g/mol. The van der Waals surface area contributed by atoms with Crippen LogP contribution in [0.25, 0.3) is 0 Å². The standard InChI is InChI=1S/C18H25NO5/c1-13-5-7-15(16(10-13)23-2)24-12-17(20)19-9-3-4-14(11-19)6-8-18(21)22/h5,7,10,14H,3-4,6,8-9,11-12H2,1-2H3,(H,21,22)/t14-/m1/s1. The molecule has 1 heterocycles. The van der Waals surface area contributed by atoms with Gasteiger partial charge in [0.2, 0.25) is 0 Å². The van der Waals surface area contributed by atoms with E-state index < -0.39 is 5.97 Å². The zero-order chi connectivity index (χ0) is 17.5. The van der Waals surface area contributed by atoms with Crippen LogP contribution in [-0.4, -0.2) is 48.7 Å². The Kier molecular flexibility index (Phi) is 6.46. The van der Waals surface area contributed by atoms with Crippen LogP contribution in [0.4, 0.5) is 0 Å². The number of nitrogens with zero attached hydrogens (tertiary/aromatic N) is 1. The molecule has 6 heteroatoms. The Morgan fingerprint density at radius 2 is 2.12 bits per heavy atom. The highest BCUT2D eigenvalue weighted by Gasteiger charge is 2.24. The first-order valence-electron chi connectivity index (χ1n) is 8.26. The van der Waals surface area contributed by atoms with Crippen LogP contribution in [0.15, 0.2) is 18.2 Å². The molecule has 0 bridgehead atoms. The molecule has 2 rings (SSSR count). The van der Waals surface area contributed by atoms with Gasteiger partial charge in [0.1, 0.15) is 0 Å². The number of carbonyl (C=O) groups excluding carboxylic acids is 1. The van der Waals surface area contributed by atoms with E-state index in [9.17, 15) is 9.59 Å². The summed E-state index contributed by atoms with van der Waals surface area (Å²) >= 11 is 0. The minimum Gasteiger partial charge on any atom is -0.493 e. The first-order valence-corrected chi connectivity index (χ1v) is 8.26. The average Bonchev–Trinajstić information content (AvgIpc) is 2.58. The maximum atomic E-state index is 12.4. The van der Waals surface area contributed by atoms with Crippen LogP contribution in [0.5, 0.6) is 11.5 Å². The lowest BCUT2D eigenvalue weighted by atomic mass is 9.93. The normalized spacial score (nSPS) is 17.4. The molecular formula is C18H25NO5. The molecule has 1 fully saturated rings. The van der Waals surface area contributed by atoms with Crippen molar-refractivity contribution in [1.82, 2.24) is 4.90 Å².